The molecule has 1 aliphatic rings. The van der Waals surface area contributed by atoms with Crippen molar-refractivity contribution in [3.05, 3.63) is 47.3 Å². The number of nitrogen functional groups attached to an aromatic ring is 1. The number of nitrogens with one attached hydrogen (secondary N) is 1. The number of nitrogens with two attached hydrogens (primary N) is 1. The van der Waals surface area contributed by atoms with E-state index in [2.05, 4.69) is 10.3 Å². The molecule has 0 amide bonds. The highest BCUT2D eigenvalue weighted by molar-refractivity contribution is 6.00. The van der Waals surface area contributed by atoms with Crippen molar-refractivity contribution in [2.75, 3.05) is 11.1 Å². The van der Waals surface area contributed by atoms with Crippen LogP contribution in [0.15, 0.2) is 35.3 Å². The van der Waals surface area contributed by atoms with Crippen LogP contribution in [0.4, 0.5) is 40.3 Å². The molecule has 0 aliphatic carbocycles. The molecule has 0 radical (unpaired) electrons. The number of benzene rings is 2. The summed E-state index contributed by atoms with van der Waals surface area (Å²) in [5.41, 5.74) is 5.55. The topological polar surface area (TPSA) is 50.4 Å². The van der Waals surface area contributed by atoms with Crippen LogP contribution in [0.5, 0.6) is 0 Å². The number of nitrogens with zero attached hydrogens (tertiary/aromatic N) is 1. The molecule has 3 nitrogen and oxygen atoms in total. The number of hydrogen-bond donors (Lipinski definition) is 2. The monoisotopic (exact) mass is 331 g/mol. The highest BCUT2D eigenvalue weighted by atomic mass is 35.5. The maximum absolute atomic E-state index is 13.2. The van der Waals surface area contributed by atoms with Crippen molar-refractivity contribution in [1.82, 2.24) is 0 Å². The van der Waals surface area contributed by atoms with Crippen LogP contribution >= 0.6 is 12.4 Å². The molecule has 2 aromatic rings. The van der Waals surface area contributed by atoms with E-state index in [-0.39, 0.29) is 18.0 Å². The largest absolute Gasteiger partial charge is 0.418 e. The second-order valence-electron chi connectivity index (χ2n) is 4.53. The van der Waals surface area contributed by atoms with Crippen LogP contribution < -0.4 is 11.1 Å². The lowest BCUT2D eigenvalue weighted by molar-refractivity contribution is -0.136. The fourth-order valence-corrected chi connectivity index (χ4v) is 2.13. The minimum atomic E-state index is -4.54. The lowest BCUT2D eigenvalue weighted by Gasteiger charge is -2.15. The molecule has 0 atom stereocenters. The minimum Gasteiger partial charge on any atom is -0.398 e. The van der Waals surface area contributed by atoms with E-state index in [0.717, 1.165) is 6.07 Å². The summed E-state index contributed by atoms with van der Waals surface area (Å²) in [5, 5.41) is 2.91. The lowest BCUT2D eigenvalue weighted by atomic mass is 10.1. The van der Waals surface area contributed by atoms with E-state index >= 15 is 0 Å². The molecule has 0 aromatic heterocycles. The first kappa shape index (κ1) is 16.1. The van der Waals surface area contributed by atoms with Gasteiger partial charge in [-0.25, -0.2) is 4.39 Å². The Hall–Kier alpha value is -2.28. The zero-order valence-corrected chi connectivity index (χ0v) is 11.7. The Morgan fingerprint density at radius 2 is 1.73 bits per heavy atom. The van der Waals surface area contributed by atoms with E-state index in [0.29, 0.717) is 17.1 Å². The fourth-order valence-electron chi connectivity index (χ4n) is 2.13. The first-order valence-electron chi connectivity index (χ1n) is 5.96. The van der Waals surface area contributed by atoms with Gasteiger partial charge in [0.05, 0.1) is 22.6 Å². The predicted molar refractivity (Wildman–Crippen MR) is 80.0 cm³/mol. The van der Waals surface area contributed by atoms with E-state index in [4.69, 9.17) is 5.73 Å². The van der Waals surface area contributed by atoms with E-state index in [1.54, 1.807) is 0 Å². The van der Waals surface area contributed by atoms with E-state index in [1.165, 1.54) is 30.5 Å². The summed E-state index contributed by atoms with van der Waals surface area (Å²) >= 11 is 0. The van der Waals surface area contributed by atoms with Crippen molar-refractivity contribution in [2.45, 2.75) is 6.18 Å². The average molecular weight is 332 g/mol. The lowest BCUT2D eigenvalue weighted by Crippen LogP contribution is -2.11. The van der Waals surface area contributed by atoms with Crippen molar-refractivity contribution >= 4 is 41.4 Å². The zero-order valence-electron chi connectivity index (χ0n) is 10.9. The summed E-state index contributed by atoms with van der Waals surface area (Å²) < 4.78 is 51.7. The molecule has 2 aromatic carbocycles. The zero-order chi connectivity index (χ0) is 15.2. The van der Waals surface area contributed by atoms with E-state index < -0.39 is 23.2 Å². The predicted octanol–water partition coefficient (Wildman–Crippen LogP) is 4.66. The van der Waals surface area contributed by atoms with Gasteiger partial charge in [0.25, 0.3) is 0 Å². The molecule has 1 heterocycles. The van der Waals surface area contributed by atoms with Gasteiger partial charge >= 0.3 is 6.18 Å². The summed E-state index contributed by atoms with van der Waals surface area (Å²) in [7, 11) is 0. The number of rotatable bonds is 0. The highest BCUT2D eigenvalue weighted by Crippen LogP contribution is 2.40. The third-order valence-corrected chi connectivity index (χ3v) is 3.15. The average Bonchev–Trinajstić information content (AvgIpc) is 2.57. The molecule has 0 bridgehead atoms. The molecule has 116 valence electrons. The Kier molecular flexibility index (Phi) is 4.02. The number of hydrogen-bond acceptors (Lipinski definition) is 3. The van der Waals surface area contributed by atoms with Crippen LogP contribution in [-0.4, -0.2) is 6.21 Å². The van der Waals surface area contributed by atoms with Crippen molar-refractivity contribution in [3.63, 3.8) is 0 Å². The highest BCUT2D eigenvalue weighted by Gasteiger charge is 2.34. The van der Waals surface area contributed by atoms with Crippen LogP contribution in [0, 0.1) is 5.82 Å². The quantitative estimate of drug-likeness (QED) is 0.465. The second-order valence-corrected chi connectivity index (χ2v) is 4.53. The summed E-state index contributed by atoms with van der Waals surface area (Å²) in [6.45, 7) is 0. The molecule has 3 rings (SSSR count). The van der Waals surface area contributed by atoms with Gasteiger partial charge in [0.1, 0.15) is 5.82 Å². The van der Waals surface area contributed by atoms with Gasteiger partial charge in [0.15, 0.2) is 0 Å². The van der Waals surface area contributed by atoms with E-state index in [1.807, 2.05) is 0 Å². The SMILES string of the molecule is Cl.Nc1c(C(F)(F)F)ccc2c1C=Nc1cc(F)ccc1N2. The molecular formula is C14H10ClF4N3. The summed E-state index contributed by atoms with van der Waals surface area (Å²) in [5.74, 6) is -0.484. The maximum atomic E-state index is 13.2. The van der Waals surface area contributed by atoms with Gasteiger partial charge in [-0.2, -0.15) is 13.2 Å². The van der Waals surface area contributed by atoms with E-state index in [9.17, 15) is 17.6 Å². The van der Waals surface area contributed by atoms with Gasteiger partial charge in [0, 0.05) is 23.5 Å². The van der Waals surface area contributed by atoms with Crippen molar-refractivity contribution in [2.24, 2.45) is 4.99 Å². The van der Waals surface area contributed by atoms with Gasteiger partial charge < -0.3 is 11.1 Å². The van der Waals surface area contributed by atoms with Crippen LogP contribution in [0.2, 0.25) is 0 Å². The molecule has 8 heteroatoms. The summed E-state index contributed by atoms with van der Waals surface area (Å²) in [4.78, 5) is 4.00. The first-order chi connectivity index (χ1) is 9.86. The first-order valence-corrected chi connectivity index (χ1v) is 5.96. The maximum Gasteiger partial charge on any atom is 0.418 e. The molecule has 0 fully saturated rings. The van der Waals surface area contributed by atoms with Gasteiger partial charge in [-0.05, 0) is 24.3 Å². The number of anilines is 3. The third-order valence-electron chi connectivity index (χ3n) is 3.15. The van der Waals surface area contributed by atoms with Crippen LogP contribution in [0.1, 0.15) is 11.1 Å². The van der Waals surface area contributed by atoms with Crippen molar-refractivity contribution in [3.8, 4) is 0 Å². The molecule has 0 saturated carbocycles. The van der Waals surface area contributed by atoms with Gasteiger partial charge in [-0.1, -0.05) is 0 Å². The number of fused-ring (bicyclic) bond motifs is 2. The number of halogens is 5. The third kappa shape index (κ3) is 2.71. The van der Waals surface area contributed by atoms with Crippen molar-refractivity contribution < 1.29 is 17.6 Å². The van der Waals surface area contributed by atoms with Crippen LogP contribution in [-0.2, 0) is 6.18 Å². The molecule has 0 saturated heterocycles. The molecule has 22 heavy (non-hydrogen) atoms. The molecule has 1 aliphatic heterocycles. The Bertz CT molecular complexity index is 756. The molecule has 0 spiro atoms. The molecular weight excluding hydrogens is 322 g/mol. The Morgan fingerprint density at radius 3 is 2.41 bits per heavy atom. The normalized spacial score (nSPS) is 12.5. The summed E-state index contributed by atoms with van der Waals surface area (Å²) in [6, 6.07) is 6.07. The Labute approximate surface area is 129 Å². The standard InChI is InChI=1S/C14H9F4N3.ClH/c15-7-1-3-11-12(5-7)20-6-8-10(21-11)4-2-9(13(8)19)14(16,17)18;/h1-6,21H,19H2;1H. The van der Waals surface area contributed by atoms with Crippen LogP contribution in [0.25, 0.3) is 0 Å². The Balaban J connectivity index is 0.00000176. The van der Waals surface area contributed by atoms with Crippen LogP contribution in [0.3, 0.4) is 0 Å². The summed E-state index contributed by atoms with van der Waals surface area (Å²) in [6.07, 6.45) is -3.34. The molecule has 3 N–H and O–H groups in total. The van der Waals surface area contributed by atoms with Gasteiger partial charge in [-0.3, -0.25) is 4.99 Å². The second kappa shape index (κ2) is 5.49. The minimum absolute atomic E-state index is 0. The smallest absolute Gasteiger partial charge is 0.398 e. The fraction of sp³-hybridized carbons (Fsp3) is 0.0714. The van der Waals surface area contributed by atoms with Gasteiger partial charge in [-0.15, -0.1) is 12.4 Å². The Morgan fingerprint density at radius 1 is 1.05 bits per heavy atom. The van der Waals surface area contributed by atoms with Crippen molar-refractivity contribution in [1.29, 1.82) is 0 Å². The number of alkyl halides is 3. The number of aliphatic imine (C=N–C) groups is 1. The van der Waals surface area contributed by atoms with Gasteiger partial charge in [0.2, 0.25) is 0 Å². The molecule has 0 unspecified atom stereocenters.